The molecule has 0 spiro atoms. The summed E-state index contributed by atoms with van der Waals surface area (Å²) in [5.41, 5.74) is 2.74. The molecule has 0 aromatic carbocycles. The summed E-state index contributed by atoms with van der Waals surface area (Å²) < 4.78 is 7.10. The van der Waals surface area contributed by atoms with E-state index in [-0.39, 0.29) is 0 Å². The number of hydrogen-bond acceptors (Lipinski definition) is 4. The molecule has 2 aromatic heterocycles. The normalized spacial score (nSPS) is 16.9. The Hall–Kier alpha value is -1.49. The fourth-order valence-corrected chi connectivity index (χ4v) is 1.74. The number of nitrogens with zero attached hydrogens (tertiary/aromatic N) is 4. The van der Waals surface area contributed by atoms with E-state index in [1.165, 1.54) is 0 Å². The van der Waals surface area contributed by atoms with Gasteiger partial charge in [-0.15, -0.1) is 0 Å². The fourth-order valence-electron chi connectivity index (χ4n) is 1.74. The van der Waals surface area contributed by atoms with Crippen molar-refractivity contribution in [2.75, 3.05) is 13.2 Å². The minimum atomic E-state index is 0.328. The Morgan fingerprint density at radius 2 is 2.19 bits per heavy atom. The first-order valence-corrected chi connectivity index (χ1v) is 5.53. The van der Waals surface area contributed by atoms with Gasteiger partial charge in [-0.2, -0.15) is 5.10 Å². The third-order valence-electron chi connectivity index (χ3n) is 2.88. The van der Waals surface area contributed by atoms with Crippen LogP contribution in [0.3, 0.4) is 0 Å². The van der Waals surface area contributed by atoms with Crippen molar-refractivity contribution in [2.24, 2.45) is 0 Å². The van der Waals surface area contributed by atoms with Crippen LogP contribution in [0.1, 0.15) is 31.5 Å². The first-order valence-electron chi connectivity index (χ1n) is 5.53. The molecule has 16 heavy (non-hydrogen) atoms. The molecule has 84 valence electrons. The SMILES string of the molecule is CC(C)c1cnc2cnn(C3COC3)c2n1. The lowest BCUT2D eigenvalue weighted by Gasteiger charge is -2.26. The Morgan fingerprint density at radius 3 is 2.81 bits per heavy atom. The van der Waals surface area contributed by atoms with E-state index in [4.69, 9.17) is 4.74 Å². The van der Waals surface area contributed by atoms with Gasteiger partial charge in [0.25, 0.3) is 0 Å². The summed E-state index contributed by atoms with van der Waals surface area (Å²) in [5.74, 6) is 0.387. The Labute approximate surface area is 93.5 Å². The van der Waals surface area contributed by atoms with Crippen LogP contribution in [0.4, 0.5) is 0 Å². The monoisotopic (exact) mass is 218 g/mol. The van der Waals surface area contributed by atoms with E-state index in [1.807, 2.05) is 10.9 Å². The summed E-state index contributed by atoms with van der Waals surface area (Å²) in [4.78, 5) is 9.00. The van der Waals surface area contributed by atoms with Gasteiger partial charge in [-0.25, -0.2) is 14.6 Å². The van der Waals surface area contributed by atoms with Crippen molar-refractivity contribution >= 4 is 11.2 Å². The van der Waals surface area contributed by atoms with Gasteiger partial charge in [-0.05, 0) is 5.92 Å². The third kappa shape index (κ3) is 1.39. The number of rotatable bonds is 2. The lowest BCUT2D eigenvalue weighted by molar-refractivity contribution is -0.0269. The summed E-state index contributed by atoms with van der Waals surface area (Å²) in [6, 6.07) is 0.328. The van der Waals surface area contributed by atoms with Crippen LogP contribution >= 0.6 is 0 Å². The highest BCUT2D eigenvalue weighted by Gasteiger charge is 2.23. The lowest BCUT2D eigenvalue weighted by Crippen LogP contribution is -2.31. The van der Waals surface area contributed by atoms with Gasteiger partial charge in [0.05, 0.1) is 25.1 Å². The van der Waals surface area contributed by atoms with Crippen LogP contribution in [0.15, 0.2) is 12.4 Å². The molecule has 0 atom stereocenters. The van der Waals surface area contributed by atoms with E-state index in [0.717, 1.165) is 30.1 Å². The lowest BCUT2D eigenvalue weighted by atomic mass is 10.1. The van der Waals surface area contributed by atoms with E-state index >= 15 is 0 Å². The molecule has 3 heterocycles. The standard InChI is InChI=1S/C11H14N4O/c1-7(2)9-3-12-10-4-13-15(11(10)14-9)8-5-16-6-8/h3-4,7-8H,5-6H2,1-2H3. The van der Waals surface area contributed by atoms with E-state index in [9.17, 15) is 0 Å². The molecule has 0 aliphatic carbocycles. The van der Waals surface area contributed by atoms with Gasteiger partial charge in [0.15, 0.2) is 5.65 Å². The van der Waals surface area contributed by atoms with Gasteiger partial charge < -0.3 is 4.74 Å². The molecule has 5 heteroatoms. The molecule has 1 aliphatic rings. The Kier molecular flexibility index (Phi) is 2.14. The quantitative estimate of drug-likeness (QED) is 0.767. The second kappa shape index (κ2) is 3.52. The zero-order valence-corrected chi connectivity index (χ0v) is 9.42. The zero-order chi connectivity index (χ0) is 11.1. The number of hydrogen-bond donors (Lipinski definition) is 0. The van der Waals surface area contributed by atoms with E-state index in [0.29, 0.717) is 12.0 Å². The number of ether oxygens (including phenoxy) is 1. The summed E-state index contributed by atoms with van der Waals surface area (Å²) in [5, 5.41) is 4.33. The Bertz CT molecular complexity index is 516. The summed E-state index contributed by atoms with van der Waals surface area (Å²) >= 11 is 0. The average molecular weight is 218 g/mol. The van der Waals surface area contributed by atoms with Gasteiger partial charge in [-0.1, -0.05) is 13.8 Å². The van der Waals surface area contributed by atoms with Gasteiger partial charge in [-0.3, -0.25) is 0 Å². The maximum Gasteiger partial charge on any atom is 0.177 e. The molecule has 0 saturated carbocycles. The molecule has 0 unspecified atom stereocenters. The molecule has 2 aromatic rings. The van der Waals surface area contributed by atoms with Crippen LogP contribution in [-0.2, 0) is 4.74 Å². The molecule has 0 radical (unpaired) electrons. The van der Waals surface area contributed by atoms with Crippen LogP contribution in [0.5, 0.6) is 0 Å². The summed E-state index contributed by atoms with van der Waals surface area (Å²) in [7, 11) is 0. The maximum absolute atomic E-state index is 5.18. The summed E-state index contributed by atoms with van der Waals surface area (Å²) in [6.07, 6.45) is 3.60. The molecule has 5 nitrogen and oxygen atoms in total. The Balaban J connectivity index is 2.11. The summed E-state index contributed by atoms with van der Waals surface area (Å²) in [6.45, 7) is 5.68. The Morgan fingerprint density at radius 1 is 1.38 bits per heavy atom. The van der Waals surface area contributed by atoms with Crippen molar-refractivity contribution in [1.82, 2.24) is 19.7 Å². The molecular weight excluding hydrogens is 204 g/mol. The molecule has 0 bridgehead atoms. The molecule has 1 aliphatic heterocycles. The molecule has 0 N–H and O–H groups in total. The largest absolute Gasteiger partial charge is 0.377 e. The second-order valence-corrected chi connectivity index (χ2v) is 4.44. The van der Waals surface area contributed by atoms with E-state index in [1.54, 1.807) is 6.20 Å². The van der Waals surface area contributed by atoms with E-state index < -0.39 is 0 Å². The predicted molar refractivity (Wildman–Crippen MR) is 59.3 cm³/mol. The predicted octanol–water partition coefficient (Wildman–Crippen LogP) is 1.52. The first-order chi connectivity index (χ1) is 7.75. The van der Waals surface area contributed by atoms with Crippen molar-refractivity contribution in [3.63, 3.8) is 0 Å². The van der Waals surface area contributed by atoms with Gasteiger partial charge in [0.2, 0.25) is 0 Å². The first kappa shape index (κ1) is 9.72. The molecule has 1 fully saturated rings. The van der Waals surface area contributed by atoms with Crippen LogP contribution < -0.4 is 0 Å². The van der Waals surface area contributed by atoms with Crippen molar-refractivity contribution in [3.8, 4) is 0 Å². The van der Waals surface area contributed by atoms with Crippen LogP contribution in [0.2, 0.25) is 0 Å². The van der Waals surface area contributed by atoms with Gasteiger partial charge >= 0.3 is 0 Å². The fraction of sp³-hybridized carbons (Fsp3) is 0.545. The minimum Gasteiger partial charge on any atom is -0.377 e. The van der Waals surface area contributed by atoms with Crippen molar-refractivity contribution in [1.29, 1.82) is 0 Å². The van der Waals surface area contributed by atoms with Gasteiger partial charge in [0.1, 0.15) is 11.6 Å². The smallest absolute Gasteiger partial charge is 0.177 e. The molecule has 3 rings (SSSR count). The number of fused-ring (bicyclic) bond motifs is 1. The maximum atomic E-state index is 5.18. The van der Waals surface area contributed by atoms with Crippen LogP contribution in [0, 0.1) is 0 Å². The van der Waals surface area contributed by atoms with Crippen LogP contribution in [-0.4, -0.2) is 33.0 Å². The van der Waals surface area contributed by atoms with Crippen molar-refractivity contribution in [2.45, 2.75) is 25.8 Å². The zero-order valence-electron chi connectivity index (χ0n) is 9.42. The van der Waals surface area contributed by atoms with Crippen LogP contribution in [0.25, 0.3) is 11.2 Å². The van der Waals surface area contributed by atoms with E-state index in [2.05, 4.69) is 28.9 Å². The van der Waals surface area contributed by atoms with Gasteiger partial charge in [0, 0.05) is 6.20 Å². The van der Waals surface area contributed by atoms with Crippen molar-refractivity contribution in [3.05, 3.63) is 18.1 Å². The highest BCUT2D eigenvalue weighted by Crippen LogP contribution is 2.22. The molecule has 0 amide bonds. The molecule has 1 saturated heterocycles. The highest BCUT2D eigenvalue weighted by molar-refractivity contribution is 5.69. The minimum absolute atomic E-state index is 0.328. The average Bonchev–Trinajstić information content (AvgIpc) is 2.59. The molecular formula is C11H14N4O. The highest BCUT2D eigenvalue weighted by atomic mass is 16.5. The number of aromatic nitrogens is 4. The second-order valence-electron chi connectivity index (χ2n) is 4.44. The topological polar surface area (TPSA) is 52.8 Å². The van der Waals surface area contributed by atoms with Crippen molar-refractivity contribution < 1.29 is 4.74 Å². The third-order valence-corrected chi connectivity index (χ3v) is 2.88.